The summed E-state index contributed by atoms with van der Waals surface area (Å²) in [6, 6.07) is 11.1. The van der Waals surface area contributed by atoms with Gasteiger partial charge in [0.05, 0.1) is 19.9 Å². The van der Waals surface area contributed by atoms with Gasteiger partial charge in [0.25, 0.3) is 0 Å². The number of hydrogen-bond acceptors (Lipinski definition) is 5. The predicted molar refractivity (Wildman–Crippen MR) is 129 cm³/mol. The van der Waals surface area contributed by atoms with Crippen LogP contribution in [0.1, 0.15) is 18.1 Å². The molecule has 2 amide bonds. The molecular weight excluding hydrogens is 489 g/mol. The zero-order chi connectivity index (χ0) is 24.8. The molecule has 0 saturated heterocycles. The van der Waals surface area contributed by atoms with Gasteiger partial charge >= 0.3 is 0 Å². The normalized spacial score (nSPS) is 12.3. The van der Waals surface area contributed by atoms with Crippen LogP contribution in [0, 0.1) is 0 Å². The molecule has 33 heavy (non-hydrogen) atoms. The minimum absolute atomic E-state index is 0.108. The summed E-state index contributed by atoms with van der Waals surface area (Å²) >= 11 is 12.1. The number of carbonyl (C=O) groups is 2. The summed E-state index contributed by atoms with van der Waals surface area (Å²) < 4.78 is 29.6. The highest BCUT2D eigenvalue weighted by Crippen LogP contribution is 2.21. The van der Waals surface area contributed by atoms with Gasteiger partial charge in [-0.1, -0.05) is 41.4 Å². The Balaban J connectivity index is 2.19. The summed E-state index contributed by atoms with van der Waals surface area (Å²) in [6.45, 7) is 1.44. The van der Waals surface area contributed by atoms with Gasteiger partial charge in [-0.15, -0.1) is 0 Å². The molecule has 0 aliphatic carbocycles. The molecule has 0 spiro atoms. The van der Waals surface area contributed by atoms with Crippen LogP contribution in [0.5, 0.6) is 5.75 Å². The van der Waals surface area contributed by atoms with Gasteiger partial charge in [0.1, 0.15) is 11.8 Å². The maximum atomic E-state index is 13.0. The molecule has 8 nitrogen and oxygen atoms in total. The number of ether oxygens (including phenoxy) is 1. The molecule has 0 saturated carbocycles. The molecule has 0 radical (unpaired) electrons. The predicted octanol–water partition coefficient (Wildman–Crippen LogP) is 2.93. The van der Waals surface area contributed by atoms with Crippen LogP contribution in [-0.2, 0) is 32.7 Å². The average molecular weight is 516 g/mol. The van der Waals surface area contributed by atoms with Crippen molar-refractivity contribution >= 4 is 45.0 Å². The SMILES string of the molecule is COc1ccc(CN(C(=O)CN(C)S(C)(=O)=O)[C@@H](C)C(=O)NCc2ccc(Cl)cc2Cl)cc1. The number of likely N-dealkylation sites (N-methyl/N-ethyl adjacent to an activating group) is 1. The smallest absolute Gasteiger partial charge is 0.242 e. The number of hydrogen-bond donors (Lipinski definition) is 1. The molecule has 0 unspecified atom stereocenters. The Hall–Kier alpha value is -2.33. The Kier molecular flexibility index (Phi) is 9.54. The van der Waals surface area contributed by atoms with Crippen molar-refractivity contribution in [2.24, 2.45) is 0 Å². The quantitative estimate of drug-likeness (QED) is 0.524. The molecule has 0 fully saturated rings. The summed E-state index contributed by atoms with van der Waals surface area (Å²) in [5.74, 6) is -0.269. The Morgan fingerprint density at radius 3 is 2.30 bits per heavy atom. The minimum Gasteiger partial charge on any atom is -0.497 e. The first-order valence-corrected chi connectivity index (χ1v) is 12.6. The van der Waals surface area contributed by atoms with Crippen molar-refractivity contribution in [3.8, 4) is 5.75 Å². The van der Waals surface area contributed by atoms with E-state index in [-0.39, 0.29) is 13.1 Å². The number of rotatable bonds is 10. The van der Waals surface area contributed by atoms with Crippen molar-refractivity contribution in [1.29, 1.82) is 0 Å². The monoisotopic (exact) mass is 515 g/mol. The number of amides is 2. The van der Waals surface area contributed by atoms with E-state index in [1.54, 1.807) is 56.5 Å². The molecule has 1 atom stereocenters. The van der Waals surface area contributed by atoms with E-state index in [2.05, 4.69) is 5.32 Å². The topological polar surface area (TPSA) is 96.0 Å². The zero-order valence-corrected chi connectivity index (χ0v) is 21.2. The van der Waals surface area contributed by atoms with Gasteiger partial charge in [-0.25, -0.2) is 8.42 Å². The number of methoxy groups -OCH3 is 1. The van der Waals surface area contributed by atoms with Gasteiger partial charge in [-0.2, -0.15) is 4.31 Å². The van der Waals surface area contributed by atoms with Crippen LogP contribution < -0.4 is 10.1 Å². The first-order chi connectivity index (χ1) is 15.4. The fourth-order valence-corrected chi connectivity index (χ4v) is 3.72. The molecule has 11 heteroatoms. The van der Waals surface area contributed by atoms with E-state index in [9.17, 15) is 18.0 Å². The van der Waals surface area contributed by atoms with Crippen LogP contribution in [-0.4, -0.2) is 62.4 Å². The van der Waals surface area contributed by atoms with E-state index in [0.717, 1.165) is 16.1 Å². The second kappa shape index (κ2) is 11.7. The lowest BCUT2D eigenvalue weighted by Crippen LogP contribution is -2.50. The van der Waals surface area contributed by atoms with E-state index in [1.807, 2.05) is 0 Å². The molecule has 2 rings (SSSR count). The lowest BCUT2D eigenvalue weighted by Gasteiger charge is -2.30. The largest absolute Gasteiger partial charge is 0.497 e. The van der Waals surface area contributed by atoms with Gasteiger partial charge in [-0.3, -0.25) is 9.59 Å². The second-order valence-corrected chi connectivity index (χ2v) is 10.5. The third-order valence-corrected chi connectivity index (χ3v) is 6.92. The maximum absolute atomic E-state index is 13.0. The highest BCUT2D eigenvalue weighted by Gasteiger charge is 2.28. The van der Waals surface area contributed by atoms with E-state index >= 15 is 0 Å². The zero-order valence-electron chi connectivity index (χ0n) is 18.8. The Morgan fingerprint density at radius 2 is 1.76 bits per heavy atom. The molecule has 0 aliphatic rings. The minimum atomic E-state index is -3.57. The summed E-state index contributed by atoms with van der Waals surface area (Å²) in [5.41, 5.74) is 1.43. The van der Waals surface area contributed by atoms with E-state index < -0.39 is 34.4 Å². The van der Waals surface area contributed by atoms with E-state index in [4.69, 9.17) is 27.9 Å². The van der Waals surface area contributed by atoms with Crippen molar-refractivity contribution in [1.82, 2.24) is 14.5 Å². The van der Waals surface area contributed by atoms with Crippen LogP contribution in [0.4, 0.5) is 0 Å². The van der Waals surface area contributed by atoms with Crippen LogP contribution in [0.2, 0.25) is 10.0 Å². The van der Waals surface area contributed by atoms with Gasteiger partial charge < -0.3 is 15.0 Å². The van der Waals surface area contributed by atoms with Crippen molar-refractivity contribution in [3.63, 3.8) is 0 Å². The van der Waals surface area contributed by atoms with Gasteiger partial charge in [-0.05, 0) is 42.3 Å². The number of nitrogens with zero attached hydrogens (tertiary/aromatic N) is 2. The van der Waals surface area contributed by atoms with Gasteiger partial charge in [0, 0.05) is 30.2 Å². The number of halogens is 2. The van der Waals surface area contributed by atoms with Crippen LogP contribution >= 0.6 is 23.2 Å². The summed E-state index contributed by atoms with van der Waals surface area (Å²) in [6.07, 6.45) is 1.01. The van der Waals surface area contributed by atoms with Crippen molar-refractivity contribution in [2.75, 3.05) is 27.0 Å². The molecule has 0 aliphatic heterocycles. The lowest BCUT2D eigenvalue weighted by molar-refractivity contribution is -0.140. The van der Waals surface area contributed by atoms with Gasteiger partial charge in [0.2, 0.25) is 21.8 Å². The summed E-state index contributed by atoms with van der Waals surface area (Å²) in [4.78, 5) is 27.2. The second-order valence-electron chi connectivity index (χ2n) is 7.52. The Labute approximate surface area is 204 Å². The van der Waals surface area contributed by atoms with Crippen LogP contribution in [0.25, 0.3) is 0 Å². The average Bonchev–Trinajstić information content (AvgIpc) is 2.75. The third-order valence-electron chi connectivity index (χ3n) is 5.07. The fraction of sp³-hybridized carbons (Fsp3) is 0.364. The molecular formula is C22H27Cl2N3O5S. The molecule has 2 aromatic carbocycles. The molecule has 0 heterocycles. The number of benzene rings is 2. The summed E-state index contributed by atoms with van der Waals surface area (Å²) in [7, 11) is -0.712. The first kappa shape index (κ1) is 26.9. The van der Waals surface area contributed by atoms with Gasteiger partial charge in [0.15, 0.2) is 0 Å². The summed E-state index contributed by atoms with van der Waals surface area (Å²) in [5, 5.41) is 3.66. The molecule has 2 aromatic rings. The van der Waals surface area contributed by atoms with Crippen molar-refractivity contribution in [2.45, 2.75) is 26.1 Å². The fourth-order valence-electron chi connectivity index (χ4n) is 2.90. The van der Waals surface area contributed by atoms with E-state index in [0.29, 0.717) is 21.4 Å². The maximum Gasteiger partial charge on any atom is 0.242 e. The molecule has 1 N–H and O–H groups in total. The number of nitrogens with one attached hydrogen (secondary N) is 1. The van der Waals surface area contributed by atoms with Crippen LogP contribution in [0.15, 0.2) is 42.5 Å². The van der Waals surface area contributed by atoms with E-state index in [1.165, 1.54) is 11.9 Å². The first-order valence-electron chi connectivity index (χ1n) is 9.97. The highest BCUT2D eigenvalue weighted by atomic mass is 35.5. The number of sulfonamides is 1. The van der Waals surface area contributed by atoms with Crippen LogP contribution in [0.3, 0.4) is 0 Å². The highest BCUT2D eigenvalue weighted by molar-refractivity contribution is 7.88. The Morgan fingerprint density at radius 1 is 1.12 bits per heavy atom. The molecule has 0 aromatic heterocycles. The molecule has 180 valence electrons. The standard InChI is InChI=1S/C22H27Cl2N3O5S/c1-15(22(29)25-12-17-7-8-18(23)11-20(17)24)27(21(28)14-26(2)33(4,30)31)13-16-5-9-19(32-3)10-6-16/h5-11,15H,12-14H2,1-4H3,(H,25,29)/t15-/m0/s1. The van der Waals surface area contributed by atoms with Crippen molar-refractivity contribution < 1.29 is 22.7 Å². The van der Waals surface area contributed by atoms with Crippen molar-refractivity contribution in [3.05, 3.63) is 63.6 Å². The lowest BCUT2D eigenvalue weighted by atomic mass is 10.1. The Bertz CT molecular complexity index is 1090. The third kappa shape index (κ3) is 7.89. The number of carbonyl (C=O) groups excluding carboxylic acids is 2. The molecule has 0 bridgehead atoms.